The molecule has 0 unspecified atom stereocenters. The van der Waals surface area contributed by atoms with Crippen LogP contribution in [0.5, 0.6) is 0 Å². The molecule has 0 aliphatic heterocycles. The van der Waals surface area contributed by atoms with E-state index in [9.17, 15) is 9.59 Å². The maximum Gasteiger partial charge on any atom is 0.282 e. The number of fused-ring (bicyclic) bond motifs is 1. The van der Waals surface area contributed by atoms with Crippen molar-refractivity contribution >= 4 is 39.2 Å². The number of nitrogen functional groups attached to an aromatic ring is 1. The van der Waals surface area contributed by atoms with Crippen LogP contribution >= 0.6 is 11.3 Å². The van der Waals surface area contributed by atoms with Crippen molar-refractivity contribution in [1.29, 1.82) is 0 Å². The van der Waals surface area contributed by atoms with Gasteiger partial charge < -0.3 is 10.8 Å². The van der Waals surface area contributed by atoms with Crippen molar-refractivity contribution in [3.8, 4) is 0 Å². The molecule has 2 aromatic heterocycles. The third kappa shape index (κ3) is 3.00. The number of thiophene rings is 1. The molecule has 0 saturated heterocycles. The van der Waals surface area contributed by atoms with Gasteiger partial charge in [-0.25, -0.2) is 9.97 Å². The second-order valence-electron chi connectivity index (χ2n) is 3.88. The predicted molar refractivity (Wildman–Crippen MR) is 73.8 cm³/mol. The first-order chi connectivity index (χ1) is 9.63. The lowest BCUT2D eigenvalue weighted by atomic mass is 10.3. The van der Waals surface area contributed by atoms with Gasteiger partial charge in [-0.3, -0.25) is 20.4 Å². The number of nitrogens with zero attached hydrogens (tertiary/aromatic N) is 2. The monoisotopic (exact) mass is 295 g/mol. The quantitative estimate of drug-likeness (QED) is 0.578. The molecule has 0 saturated carbocycles. The molecule has 9 heteroatoms. The average molecular weight is 295 g/mol. The summed E-state index contributed by atoms with van der Waals surface area (Å²) in [5.74, 6) is -0.909. The summed E-state index contributed by atoms with van der Waals surface area (Å²) in [5, 5.41) is 8.59. The molecule has 0 atom stereocenters. The molecule has 0 spiro atoms. The molecule has 8 nitrogen and oxygen atoms in total. The number of nitrogens with one attached hydrogen (secondary N) is 2. The topological polar surface area (TPSA) is 130 Å². The summed E-state index contributed by atoms with van der Waals surface area (Å²) in [6, 6.07) is 0. The molecule has 20 heavy (non-hydrogen) atoms. The highest BCUT2D eigenvalue weighted by Crippen LogP contribution is 2.29. The lowest BCUT2D eigenvalue weighted by Crippen LogP contribution is -2.41. The van der Waals surface area contributed by atoms with E-state index in [1.807, 2.05) is 0 Å². The SMILES string of the molecule is Nc1c(C(=O)NNC(=O)CCCO)sc2nccnc12. The van der Waals surface area contributed by atoms with E-state index in [-0.39, 0.29) is 29.5 Å². The van der Waals surface area contributed by atoms with E-state index in [4.69, 9.17) is 10.8 Å². The zero-order valence-electron chi connectivity index (χ0n) is 10.4. The molecule has 0 fully saturated rings. The maximum atomic E-state index is 11.9. The third-order valence-corrected chi connectivity index (χ3v) is 3.55. The van der Waals surface area contributed by atoms with Crippen molar-refractivity contribution in [2.75, 3.05) is 12.3 Å². The largest absolute Gasteiger partial charge is 0.396 e. The molecule has 0 bridgehead atoms. The Balaban J connectivity index is 2.04. The standard InChI is InChI=1S/C11H13N5O3S/c12-7-8-11(14-4-3-13-8)20-9(7)10(19)16-15-6(18)2-1-5-17/h3-4,17H,1-2,5,12H2,(H,15,18)(H,16,19). The normalized spacial score (nSPS) is 10.4. The van der Waals surface area contributed by atoms with Gasteiger partial charge in [-0.1, -0.05) is 0 Å². The second-order valence-corrected chi connectivity index (χ2v) is 4.88. The average Bonchev–Trinajstić information content (AvgIpc) is 2.80. The Hall–Kier alpha value is -2.26. The first-order valence-electron chi connectivity index (χ1n) is 5.82. The maximum absolute atomic E-state index is 11.9. The third-order valence-electron chi connectivity index (χ3n) is 2.45. The van der Waals surface area contributed by atoms with Crippen LogP contribution in [0.4, 0.5) is 5.69 Å². The predicted octanol–water partition coefficient (Wildman–Crippen LogP) is -0.193. The van der Waals surface area contributed by atoms with Gasteiger partial charge in [0.05, 0.1) is 5.69 Å². The van der Waals surface area contributed by atoms with Crippen molar-refractivity contribution in [3.05, 3.63) is 17.3 Å². The zero-order valence-corrected chi connectivity index (χ0v) is 11.2. The van der Waals surface area contributed by atoms with Crippen LogP contribution in [0.25, 0.3) is 10.3 Å². The smallest absolute Gasteiger partial charge is 0.282 e. The van der Waals surface area contributed by atoms with Crippen molar-refractivity contribution in [1.82, 2.24) is 20.8 Å². The van der Waals surface area contributed by atoms with Gasteiger partial charge >= 0.3 is 0 Å². The Kier molecular flexibility index (Phi) is 4.43. The van der Waals surface area contributed by atoms with Gasteiger partial charge in [0.15, 0.2) is 0 Å². The molecular weight excluding hydrogens is 282 g/mol. The van der Waals surface area contributed by atoms with Gasteiger partial charge in [0.25, 0.3) is 5.91 Å². The number of carbonyl (C=O) groups is 2. The lowest BCUT2D eigenvalue weighted by molar-refractivity contribution is -0.122. The summed E-state index contributed by atoms with van der Waals surface area (Å²) in [5.41, 5.74) is 11.0. The minimum absolute atomic E-state index is 0.0814. The van der Waals surface area contributed by atoms with E-state index in [0.717, 1.165) is 11.3 Å². The molecule has 0 aromatic carbocycles. The van der Waals surface area contributed by atoms with Crippen LogP contribution in [0.2, 0.25) is 0 Å². The van der Waals surface area contributed by atoms with Gasteiger partial charge in [-0.15, -0.1) is 11.3 Å². The van der Waals surface area contributed by atoms with Gasteiger partial charge in [0.2, 0.25) is 5.91 Å². The molecule has 106 valence electrons. The van der Waals surface area contributed by atoms with Gasteiger partial charge in [-0.05, 0) is 6.42 Å². The van der Waals surface area contributed by atoms with Crippen LogP contribution < -0.4 is 16.6 Å². The highest BCUT2D eigenvalue weighted by molar-refractivity contribution is 7.21. The van der Waals surface area contributed by atoms with E-state index < -0.39 is 5.91 Å². The minimum atomic E-state index is -0.523. The first kappa shape index (κ1) is 14.2. The molecule has 0 aliphatic carbocycles. The number of nitrogens with two attached hydrogens (primary N) is 1. The van der Waals surface area contributed by atoms with E-state index in [2.05, 4.69) is 20.8 Å². The van der Waals surface area contributed by atoms with Crippen LogP contribution in [0.15, 0.2) is 12.4 Å². The Labute approximate surface area is 118 Å². The van der Waals surface area contributed by atoms with E-state index >= 15 is 0 Å². The molecule has 2 rings (SSSR count). The number of aliphatic hydroxyl groups excluding tert-OH is 1. The van der Waals surface area contributed by atoms with E-state index in [0.29, 0.717) is 16.8 Å². The lowest BCUT2D eigenvalue weighted by Gasteiger charge is -2.05. The van der Waals surface area contributed by atoms with Crippen LogP contribution in [-0.4, -0.2) is 33.5 Å². The molecule has 0 aliphatic rings. The molecule has 2 heterocycles. The van der Waals surface area contributed by atoms with Crippen LogP contribution in [0.1, 0.15) is 22.5 Å². The van der Waals surface area contributed by atoms with Gasteiger partial charge in [-0.2, -0.15) is 0 Å². The van der Waals surface area contributed by atoms with Crippen LogP contribution in [0, 0.1) is 0 Å². The van der Waals surface area contributed by atoms with E-state index in [1.54, 1.807) is 0 Å². The molecule has 2 aromatic rings. The number of rotatable bonds is 4. The number of hydrogen-bond acceptors (Lipinski definition) is 7. The van der Waals surface area contributed by atoms with Crippen molar-refractivity contribution in [3.63, 3.8) is 0 Å². The van der Waals surface area contributed by atoms with Crippen molar-refractivity contribution in [2.24, 2.45) is 0 Å². The van der Waals surface area contributed by atoms with Gasteiger partial charge in [0.1, 0.15) is 15.2 Å². The summed E-state index contributed by atoms with van der Waals surface area (Å²) in [6.45, 7) is -0.0814. The summed E-state index contributed by atoms with van der Waals surface area (Å²) >= 11 is 1.10. The highest BCUT2D eigenvalue weighted by Gasteiger charge is 2.18. The van der Waals surface area contributed by atoms with Crippen molar-refractivity contribution in [2.45, 2.75) is 12.8 Å². The van der Waals surface area contributed by atoms with Gasteiger partial charge in [0, 0.05) is 25.4 Å². The fraction of sp³-hybridized carbons (Fsp3) is 0.273. The van der Waals surface area contributed by atoms with Crippen molar-refractivity contribution < 1.29 is 14.7 Å². The Bertz CT molecular complexity index is 642. The Morgan fingerprint density at radius 3 is 2.75 bits per heavy atom. The number of carbonyl (C=O) groups excluding carboxylic acids is 2. The second kappa shape index (κ2) is 6.26. The summed E-state index contributed by atoms with van der Waals surface area (Å²) < 4.78 is 0. The molecule has 0 radical (unpaired) electrons. The Morgan fingerprint density at radius 2 is 2.05 bits per heavy atom. The first-order valence-corrected chi connectivity index (χ1v) is 6.64. The van der Waals surface area contributed by atoms with E-state index in [1.165, 1.54) is 12.4 Å². The number of hydrazine groups is 1. The zero-order chi connectivity index (χ0) is 14.5. The molecular formula is C11H13N5O3S. The minimum Gasteiger partial charge on any atom is -0.396 e. The fourth-order valence-corrected chi connectivity index (χ4v) is 2.41. The summed E-state index contributed by atoms with van der Waals surface area (Å²) in [4.78, 5) is 32.1. The number of aromatic nitrogens is 2. The Morgan fingerprint density at radius 1 is 1.30 bits per heavy atom. The van der Waals surface area contributed by atoms with Crippen LogP contribution in [0.3, 0.4) is 0 Å². The fourth-order valence-electron chi connectivity index (χ4n) is 1.50. The number of aliphatic hydroxyl groups is 1. The van der Waals surface area contributed by atoms with Crippen LogP contribution in [-0.2, 0) is 4.79 Å². The highest BCUT2D eigenvalue weighted by atomic mass is 32.1. The summed E-state index contributed by atoms with van der Waals surface area (Å²) in [7, 11) is 0. The number of anilines is 1. The number of amides is 2. The number of hydrogen-bond donors (Lipinski definition) is 4. The molecule has 2 amide bonds. The molecule has 5 N–H and O–H groups in total. The summed E-state index contributed by atoms with van der Waals surface area (Å²) in [6.07, 6.45) is 3.46.